The van der Waals surface area contributed by atoms with Gasteiger partial charge in [-0.3, -0.25) is 14.9 Å². The molecule has 2 aromatic rings. The lowest BCUT2D eigenvalue weighted by atomic mass is 10.1. The molecule has 1 N–H and O–H groups in total. The van der Waals surface area contributed by atoms with Gasteiger partial charge in [-0.05, 0) is 42.5 Å². The van der Waals surface area contributed by atoms with Crippen LogP contribution in [0.25, 0.3) is 6.08 Å². The molecule has 1 amide bonds. The Morgan fingerprint density at radius 3 is 2.74 bits per heavy atom. The Labute approximate surface area is 167 Å². The van der Waals surface area contributed by atoms with Crippen molar-refractivity contribution in [1.29, 1.82) is 0 Å². The summed E-state index contributed by atoms with van der Waals surface area (Å²) in [5.41, 5.74) is 1.99. The van der Waals surface area contributed by atoms with Gasteiger partial charge in [-0.25, -0.2) is 4.99 Å². The van der Waals surface area contributed by atoms with Gasteiger partial charge in [0.05, 0.1) is 22.6 Å². The number of amidine groups is 1. The number of aryl methyl sites for hydroxylation is 1. The molecule has 0 aromatic heterocycles. The molecule has 0 unspecified atom stereocenters. The number of benzene rings is 2. The van der Waals surface area contributed by atoms with Gasteiger partial charge in [0.1, 0.15) is 0 Å². The number of carbonyl (C=O) groups excluding carboxylic acids is 1. The smallest absolute Gasteiger partial charge is 0.312 e. The number of nitrogens with zero attached hydrogens (tertiary/aromatic N) is 2. The van der Waals surface area contributed by atoms with Gasteiger partial charge in [0.25, 0.3) is 5.91 Å². The molecule has 138 valence electrons. The van der Waals surface area contributed by atoms with Crippen molar-refractivity contribution in [2.75, 3.05) is 7.11 Å². The number of para-hydroxylation sites is 1. The number of hydrogen-bond donors (Lipinski definition) is 1. The van der Waals surface area contributed by atoms with Gasteiger partial charge in [-0.1, -0.05) is 34.1 Å². The largest absolute Gasteiger partial charge is 0.490 e. The Kier molecular flexibility index (Phi) is 5.62. The summed E-state index contributed by atoms with van der Waals surface area (Å²) in [4.78, 5) is 27.9. The van der Waals surface area contributed by atoms with E-state index in [1.54, 1.807) is 12.1 Å². The molecule has 0 radical (unpaired) electrons. The summed E-state index contributed by atoms with van der Waals surface area (Å²) in [5.74, 6) is -0.231. The lowest BCUT2D eigenvalue weighted by Gasteiger charge is -2.07. The van der Waals surface area contributed by atoms with E-state index in [-0.39, 0.29) is 17.3 Å². The van der Waals surface area contributed by atoms with Crippen LogP contribution in [0.1, 0.15) is 11.1 Å². The average molecular weight is 448 g/mol. The second-order valence-corrected chi connectivity index (χ2v) is 7.52. The summed E-state index contributed by atoms with van der Waals surface area (Å²) in [6.07, 6.45) is 1.55. The summed E-state index contributed by atoms with van der Waals surface area (Å²) in [6, 6.07) is 10.6. The number of ether oxygens (including phenoxy) is 1. The van der Waals surface area contributed by atoms with E-state index in [0.29, 0.717) is 20.1 Å². The quantitative estimate of drug-likeness (QED) is 0.420. The molecule has 1 heterocycles. The maximum atomic E-state index is 12.3. The van der Waals surface area contributed by atoms with E-state index in [1.807, 2.05) is 31.2 Å². The van der Waals surface area contributed by atoms with E-state index in [2.05, 4.69) is 26.2 Å². The van der Waals surface area contributed by atoms with Crippen molar-refractivity contribution in [2.24, 2.45) is 4.99 Å². The zero-order chi connectivity index (χ0) is 19.6. The molecule has 1 fully saturated rings. The summed E-state index contributed by atoms with van der Waals surface area (Å²) < 4.78 is 5.71. The second-order valence-electron chi connectivity index (χ2n) is 5.57. The van der Waals surface area contributed by atoms with E-state index >= 15 is 0 Å². The summed E-state index contributed by atoms with van der Waals surface area (Å²) in [5, 5.41) is 14.4. The number of nitrogens with one attached hydrogen (secondary N) is 1. The van der Waals surface area contributed by atoms with Gasteiger partial charge >= 0.3 is 5.69 Å². The van der Waals surface area contributed by atoms with Crippen molar-refractivity contribution in [2.45, 2.75) is 6.92 Å². The minimum atomic E-state index is -0.529. The van der Waals surface area contributed by atoms with Gasteiger partial charge in [0, 0.05) is 16.1 Å². The number of rotatable bonds is 4. The molecular weight excluding hydrogens is 434 g/mol. The molecule has 1 aliphatic heterocycles. The van der Waals surface area contributed by atoms with Crippen molar-refractivity contribution >= 4 is 56.2 Å². The highest BCUT2D eigenvalue weighted by Crippen LogP contribution is 2.38. The lowest BCUT2D eigenvalue weighted by molar-refractivity contribution is -0.385. The molecule has 27 heavy (non-hydrogen) atoms. The van der Waals surface area contributed by atoms with Crippen LogP contribution in [0, 0.1) is 17.0 Å². The van der Waals surface area contributed by atoms with Crippen LogP contribution in [-0.2, 0) is 4.79 Å². The fourth-order valence-electron chi connectivity index (χ4n) is 2.49. The third-order valence-electron chi connectivity index (χ3n) is 3.74. The first-order chi connectivity index (χ1) is 12.9. The zero-order valence-electron chi connectivity index (χ0n) is 14.4. The average Bonchev–Trinajstić information content (AvgIpc) is 2.95. The highest BCUT2D eigenvalue weighted by atomic mass is 79.9. The predicted molar refractivity (Wildman–Crippen MR) is 109 cm³/mol. The number of thioether (sulfide) groups is 1. The third kappa shape index (κ3) is 4.20. The molecule has 0 bridgehead atoms. The van der Waals surface area contributed by atoms with Crippen LogP contribution in [0.4, 0.5) is 11.4 Å². The minimum Gasteiger partial charge on any atom is -0.490 e. The Morgan fingerprint density at radius 2 is 2.07 bits per heavy atom. The van der Waals surface area contributed by atoms with E-state index in [1.165, 1.54) is 24.9 Å². The number of hydrogen-bond acceptors (Lipinski definition) is 6. The van der Waals surface area contributed by atoms with Crippen molar-refractivity contribution in [3.63, 3.8) is 0 Å². The highest BCUT2D eigenvalue weighted by Gasteiger charge is 2.26. The predicted octanol–water partition coefficient (Wildman–Crippen LogP) is 4.57. The van der Waals surface area contributed by atoms with Crippen LogP contribution < -0.4 is 10.1 Å². The number of methoxy groups -OCH3 is 1. The summed E-state index contributed by atoms with van der Waals surface area (Å²) >= 11 is 4.42. The van der Waals surface area contributed by atoms with Gasteiger partial charge in [-0.2, -0.15) is 0 Å². The standard InChI is InChI=1S/C18H14BrN3O4S/c1-10-5-3-4-6-13(10)20-18-21-17(23)15(27-18)8-11-7-12(19)9-14(22(24)25)16(11)26-2/h3-9H,1-2H3,(H,20,21,23). The molecule has 3 rings (SSSR count). The molecule has 9 heteroatoms. The first-order valence-electron chi connectivity index (χ1n) is 7.76. The topological polar surface area (TPSA) is 93.8 Å². The normalized spacial score (nSPS) is 16.6. The van der Waals surface area contributed by atoms with E-state index in [0.717, 1.165) is 11.3 Å². The Bertz CT molecular complexity index is 1000. The Balaban J connectivity index is 1.98. The first kappa shape index (κ1) is 19.1. The van der Waals surface area contributed by atoms with Crippen LogP contribution >= 0.6 is 27.7 Å². The number of nitro groups is 1. The summed E-state index contributed by atoms with van der Waals surface area (Å²) in [6.45, 7) is 1.93. The molecule has 0 atom stereocenters. The van der Waals surface area contributed by atoms with Crippen LogP contribution in [0.2, 0.25) is 0 Å². The molecule has 0 saturated carbocycles. The Morgan fingerprint density at radius 1 is 1.33 bits per heavy atom. The SMILES string of the molecule is COc1c(C=C2SC(=Nc3ccccc3C)NC2=O)cc(Br)cc1[N+](=O)[O-]. The van der Waals surface area contributed by atoms with Crippen molar-refractivity contribution in [1.82, 2.24) is 5.32 Å². The molecule has 7 nitrogen and oxygen atoms in total. The maximum Gasteiger partial charge on any atom is 0.312 e. The molecule has 0 spiro atoms. The number of aliphatic imine (C=N–C) groups is 1. The van der Waals surface area contributed by atoms with Crippen LogP contribution in [-0.4, -0.2) is 23.1 Å². The maximum absolute atomic E-state index is 12.3. The number of halogens is 1. The second kappa shape index (κ2) is 7.93. The summed E-state index contributed by atoms with van der Waals surface area (Å²) in [7, 11) is 1.35. The lowest BCUT2D eigenvalue weighted by Crippen LogP contribution is -2.19. The van der Waals surface area contributed by atoms with E-state index < -0.39 is 4.92 Å². The van der Waals surface area contributed by atoms with E-state index in [4.69, 9.17) is 4.74 Å². The fraction of sp³-hybridized carbons (Fsp3) is 0.111. The van der Waals surface area contributed by atoms with Gasteiger partial charge in [0.2, 0.25) is 5.75 Å². The van der Waals surface area contributed by atoms with Crippen LogP contribution in [0.15, 0.2) is 50.8 Å². The molecule has 1 saturated heterocycles. The fourth-order valence-corrected chi connectivity index (χ4v) is 3.77. The van der Waals surface area contributed by atoms with Gasteiger partial charge < -0.3 is 10.1 Å². The van der Waals surface area contributed by atoms with Crippen LogP contribution in [0.5, 0.6) is 5.75 Å². The van der Waals surface area contributed by atoms with Crippen molar-refractivity contribution in [3.05, 3.63) is 67.0 Å². The molecule has 0 aliphatic carbocycles. The van der Waals surface area contributed by atoms with E-state index in [9.17, 15) is 14.9 Å². The number of nitro benzene ring substituents is 1. The minimum absolute atomic E-state index is 0.0911. The molecule has 1 aliphatic rings. The molecule has 2 aromatic carbocycles. The van der Waals surface area contributed by atoms with Gasteiger partial charge in [-0.15, -0.1) is 0 Å². The Hall–Kier alpha value is -2.65. The molecular formula is C18H14BrN3O4S. The number of amides is 1. The van der Waals surface area contributed by atoms with Crippen LogP contribution in [0.3, 0.4) is 0 Å². The van der Waals surface area contributed by atoms with Crippen molar-refractivity contribution < 1.29 is 14.5 Å². The first-order valence-corrected chi connectivity index (χ1v) is 9.37. The zero-order valence-corrected chi connectivity index (χ0v) is 16.8. The monoisotopic (exact) mass is 447 g/mol. The van der Waals surface area contributed by atoms with Crippen molar-refractivity contribution in [3.8, 4) is 5.75 Å². The third-order valence-corrected chi connectivity index (χ3v) is 5.11. The number of carbonyl (C=O) groups is 1. The highest BCUT2D eigenvalue weighted by molar-refractivity contribution is 9.10. The van der Waals surface area contributed by atoms with Gasteiger partial charge in [0.15, 0.2) is 5.17 Å².